The molecule has 2 amide bonds. The van der Waals surface area contributed by atoms with Crippen molar-refractivity contribution in [2.24, 2.45) is 5.92 Å². The Hall–Kier alpha value is -1.70. The van der Waals surface area contributed by atoms with E-state index in [-0.39, 0.29) is 19.1 Å². The Morgan fingerprint density at radius 3 is 2.71 bits per heavy atom. The van der Waals surface area contributed by atoms with E-state index in [0.29, 0.717) is 13.0 Å². The van der Waals surface area contributed by atoms with Gasteiger partial charge in [-0.3, -0.25) is 4.79 Å². The first kappa shape index (κ1) is 10.4. The number of hydrogen-bond acceptors (Lipinski definition) is 2. The van der Waals surface area contributed by atoms with Gasteiger partial charge in [0, 0.05) is 26.1 Å². The molecule has 5 nitrogen and oxygen atoms in total. The fraction of sp³-hybridized carbons (Fsp3) is 0.556. The highest BCUT2D eigenvalue weighted by Crippen LogP contribution is 2.14. The highest BCUT2D eigenvalue weighted by molar-refractivity contribution is 5.79. The number of carboxylic acids is 1. The molecule has 0 spiro atoms. The number of rotatable bonds is 3. The number of aliphatic carboxylic acids is 1. The SMILES string of the molecule is C#CCCNC(=O)N1CC(C(=O)O)C1. The van der Waals surface area contributed by atoms with Gasteiger partial charge < -0.3 is 15.3 Å². The number of carbonyl (C=O) groups excluding carboxylic acids is 1. The van der Waals surface area contributed by atoms with E-state index in [1.54, 1.807) is 0 Å². The summed E-state index contributed by atoms with van der Waals surface area (Å²) < 4.78 is 0. The number of likely N-dealkylation sites (tertiary alicyclic amines) is 1. The molecule has 0 saturated carbocycles. The summed E-state index contributed by atoms with van der Waals surface area (Å²) in [6.07, 6.45) is 5.49. The first-order valence-corrected chi connectivity index (χ1v) is 4.34. The number of amides is 2. The maximum atomic E-state index is 11.2. The Morgan fingerprint density at radius 1 is 1.57 bits per heavy atom. The molecule has 1 aliphatic heterocycles. The molecule has 14 heavy (non-hydrogen) atoms. The number of carboxylic acid groups (broad SMARTS) is 1. The van der Waals surface area contributed by atoms with Gasteiger partial charge in [0.25, 0.3) is 0 Å². The van der Waals surface area contributed by atoms with Crippen LogP contribution in [0.5, 0.6) is 0 Å². The maximum absolute atomic E-state index is 11.2. The molecular weight excluding hydrogens is 184 g/mol. The van der Waals surface area contributed by atoms with Crippen LogP contribution in [0.25, 0.3) is 0 Å². The van der Waals surface area contributed by atoms with E-state index in [2.05, 4.69) is 11.2 Å². The molecule has 0 radical (unpaired) electrons. The Balaban J connectivity index is 2.17. The van der Waals surface area contributed by atoms with Crippen LogP contribution in [0.15, 0.2) is 0 Å². The summed E-state index contributed by atoms with van der Waals surface area (Å²) in [5.74, 6) is 1.14. The molecule has 0 unspecified atom stereocenters. The van der Waals surface area contributed by atoms with Crippen LogP contribution in [-0.4, -0.2) is 41.6 Å². The molecule has 0 aromatic carbocycles. The van der Waals surface area contributed by atoms with Gasteiger partial charge in [0.2, 0.25) is 0 Å². The standard InChI is InChI=1S/C9H12N2O3/c1-2-3-4-10-9(14)11-5-7(6-11)8(12)13/h1,7H,3-6H2,(H,10,14)(H,12,13). The maximum Gasteiger partial charge on any atom is 0.317 e. The van der Waals surface area contributed by atoms with Crippen LogP contribution in [0.4, 0.5) is 4.79 Å². The molecule has 1 aliphatic rings. The van der Waals surface area contributed by atoms with Crippen molar-refractivity contribution in [2.45, 2.75) is 6.42 Å². The number of carbonyl (C=O) groups is 2. The summed E-state index contributed by atoms with van der Waals surface area (Å²) in [6.45, 7) is 1.01. The number of terminal acetylenes is 1. The largest absolute Gasteiger partial charge is 0.481 e. The van der Waals surface area contributed by atoms with Crippen molar-refractivity contribution in [3.8, 4) is 12.3 Å². The van der Waals surface area contributed by atoms with Gasteiger partial charge in [-0.15, -0.1) is 12.3 Å². The Bertz CT molecular complexity index is 276. The first-order valence-electron chi connectivity index (χ1n) is 4.34. The van der Waals surface area contributed by atoms with E-state index in [0.717, 1.165) is 0 Å². The van der Waals surface area contributed by atoms with Crippen LogP contribution in [0.1, 0.15) is 6.42 Å². The molecule has 0 aromatic rings. The van der Waals surface area contributed by atoms with Crippen molar-refractivity contribution in [3.63, 3.8) is 0 Å². The van der Waals surface area contributed by atoms with Gasteiger partial charge in [0.1, 0.15) is 0 Å². The lowest BCUT2D eigenvalue weighted by Gasteiger charge is -2.36. The summed E-state index contributed by atoms with van der Waals surface area (Å²) in [5, 5.41) is 11.2. The van der Waals surface area contributed by atoms with Crippen molar-refractivity contribution >= 4 is 12.0 Å². The van der Waals surface area contributed by atoms with E-state index in [9.17, 15) is 9.59 Å². The normalized spacial score (nSPS) is 15.5. The average molecular weight is 196 g/mol. The second-order valence-electron chi connectivity index (χ2n) is 3.13. The van der Waals surface area contributed by atoms with Gasteiger partial charge >= 0.3 is 12.0 Å². The van der Waals surface area contributed by atoms with Crippen molar-refractivity contribution in [2.75, 3.05) is 19.6 Å². The molecular formula is C9H12N2O3. The quantitative estimate of drug-likeness (QED) is 0.482. The van der Waals surface area contributed by atoms with E-state index in [4.69, 9.17) is 11.5 Å². The van der Waals surface area contributed by atoms with Crippen LogP contribution in [0.3, 0.4) is 0 Å². The fourth-order valence-electron chi connectivity index (χ4n) is 1.15. The van der Waals surface area contributed by atoms with Gasteiger partial charge in [0.15, 0.2) is 0 Å². The van der Waals surface area contributed by atoms with Crippen LogP contribution in [-0.2, 0) is 4.79 Å². The van der Waals surface area contributed by atoms with Crippen molar-refractivity contribution < 1.29 is 14.7 Å². The first-order chi connectivity index (χ1) is 6.65. The van der Waals surface area contributed by atoms with Crippen molar-refractivity contribution in [3.05, 3.63) is 0 Å². The van der Waals surface area contributed by atoms with Gasteiger partial charge in [-0.2, -0.15) is 0 Å². The highest BCUT2D eigenvalue weighted by Gasteiger charge is 2.35. The van der Waals surface area contributed by atoms with Gasteiger partial charge in [-0.25, -0.2) is 4.79 Å². The lowest BCUT2D eigenvalue weighted by Crippen LogP contribution is -2.56. The van der Waals surface area contributed by atoms with Crippen LogP contribution >= 0.6 is 0 Å². The number of hydrogen-bond donors (Lipinski definition) is 2. The van der Waals surface area contributed by atoms with Crippen LogP contribution < -0.4 is 5.32 Å². The third kappa shape index (κ3) is 2.39. The van der Waals surface area contributed by atoms with E-state index >= 15 is 0 Å². The minimum absolute atomic E-state index is 0.238. The second kappa shape index (κ2) is 4.51. The average Bonchev–Trinajstić information content (AvgIpc) is 2.01. The van der Waals surface area contributed by atoms with Crippen LogP contribution in [0, 0.1) is 18.3 Å². The molecule has 1 rings (SSSR count). The van der Waals surface area contributed by atoms with E-state index in [1.807, 2.05) is 0 Å². The molecule has 1 saturated heterocycles. The number of urea groups is 1. The molecule has 0 atom stereocenters. The summed E-state index contributed by atoms with van der Waals surface area (Å²) in [7, 11) is 0. The summed E-state index contributed by atoms with van der Waals surface area (Å²) in [6, 6.07) is -0.238. The fourth-order valence-corrected chi connectivity index (χ4v) is 1.15. The van der Waals surface area contributed by atoms with Crippen molar-refractivity contribution in [1.82, 2.24) is 10.2 Å². The molecule has 5 heteroatoms. The lowest BCUT2D eigenvalue weighted by atomic mass is 10.0. The molecule has 0 aromatic heterocycles. The number of nitrogens with zero attached hydrogens (tertiary/aromatic N) is 1. The smallest absolute Gasteiger partial charge is 0.317 e. The lowest BCUT2D eigenvalue weighted by molar-refractivity contribution is -0.146. The molecule has 0 bridgehead atoms. The molecule has 0 aliphatic carbocycles. The van der Waals surface area contributed by atoms with Gasteiger partial charge in [-0.05, 0) is 0 Å². The minimum Gasteiger partial charge on any atom is -0.481 e. The Morgan fingerprint density at radius 2 is 2.21 bits per heavy atom. The van der Waals surface area contributed by atoms with Crippen molar-refractivity contribution in [1.29, 1.82) is 0 Å². The molecule has 1 fully saturated rings. The monoisotopic (exact) mass is 196 g/mol. The van der Waals surface area contributed by atoms with E-state index < -0.39 is 11.9 Å². The summed E-state index contributed by atoms with van der Waals surface area (Å²) in [4.78, 5) is 23.1. The number of nitrogens with one attached hydrogen (secondary N) is 1. The topological polar surface area (TPSA) is 69.6 Å². The van der Waals surface area contributed by atoms with Gasteiger partial charge in [0.05, 0.1) is 5.92 Å². The van der Waals surface area contributed by atoms with Crippen LogP contribution in [0.2, 0.25) is 0 Å². The van der Waals surface area contributed by atoms with E-state index in [1.165, 1.54) is 4.90 Å². The summed E-state index contributed by atoms with van der Waals surface area (Å²) >= 11 is 0. The third-order valence-corrected chi connectivity index (χ3v) is 2.06. The zero-order valence-corrected chi connectivity index (χ0v) is 7.69. The zero-order valence-electron chi connectivity index (χ0n) is 7.69. The molecule has 2 N–H and O–H groups in total. The van der Waals surface area contributed by atoms with Gasteiger partial charge in [-0.1, -0.05) is 0 Å². The Kier molecular flexibility index (Phi) is 3.35. The highest BCUT2D eigenvalue weighted by atomic mass is 16.4. The third-order valence-electron chi connectivity index (χ3n) is 2.06. The Labute approximate surface area is 82.1 Å². The molecule has 1 heterocycles. The minimum atomic E-state index is -0.849. The predicted molar refractivity (Wildman–Crippen MR) is 49.5 cm³/mol. The zero-order chi connectivity index (χ0) is 10.6. The second-order valence-corrected chi connectivity index (χ2v) is 3.13. The predicted octanol–water partition coefficient (Wildman–Crippen LogP) is -0.264. The molecule has 76 valence electrons. The summed E-state index contributed by atoms with van der Waals surface area (Å²) in [5.41, 5.74) is 0.